The van der Waals surface area contributed by atoms with Crippen LogP contribution in [0, 0.1) is 16.0 Å². The summed E-state index contributed by atoms with van der Waals surface area (Å²) in [5, 5.41) is 14.3. The van der Waals surface area contributed by atoms with Crippen LogP contribution in [-0.2, 0) is 9.84 Å². The molecule has 1 rings (SSSR count). The summed E-state index contributed by atoms with van der Waals surface area (Å²) >= 11 is 0. The van der Waals surface area contributed by atoms with Gasteiger partial charge in [-0.05, 0) is 25.0 Å². The zero-order valence-corrected chi connectivity index (χ0v) is 13.4. The molecule has 0 heterocycles. The number of nitro groups is 1. The first kappa shape index (κ1) is 17.4. The Morgan fingerprint density at radius 1 is 1.43 bits per heavy atom. The Kier molecular flexibility index (Phi) is 4.95. The van der Waals surface area contributed by atoms with Gasteiger partial charge in [0.15, 0.2) is 9.84 Å². The van der Waals surface area contributed by atoms with Gasteiger partial charge in [0, 0.05) is 18.3 Å². The molecule has 1 aromatic rings. The van der Waals surface area contributed by atoms with E-state index in [4.69, 9.17) is 5.73 Å². The van der Waals surface area contributed by atoms with Crippen molar-refractivity contribution in [1.82, 2.24) is 0 Å². The molecule has 0 bridgehead atoms. The average Bonchev–Trinajstić information content (AvgIpc) is 2.36. The van der Waals surface area contributed by atoms with Crippen LogP contribution in [0.1, 0.15) is 20.8 Å². The van der Waals surface area contributed by atoms with Crippen molar-refractivity contribution in [3.8, 4) is 0 Å². The number of nitrogens with one attached hydrogen (secondary N) is 1. The number of nitro benzene ring substituents is 1. The Bertz CT molecular complexity index is 643. The van der Waals surface area contributed by atoms with Gasteiger partial charge in [0.1, 0.15) is 10.6 Å². The lowest BCUT2D eigenvalue weighted by Crippen LogP contribution is -2.47. The Morgan fingerprint density at radius 3 is 2.38 bits per heavy atom. The van der Waals surface area contributed by atoms with Gasteiger partial charge in [0.25, 0.3) is 0 Å². The third kappa shape index (κ3) is 3.70. The lowest BCUT2D eigenvalue weighted by Gasteiger charge is -2.34. The maximum Gasteiger partial charge on any atom is 0.310 e. The summed E-state index contributed by atoms with van der Waals surface area (Å²) in [6.45, 7) is 5.97. The van der Waals surface area contributed by atoms with Crippen molar-refractivity contribution in [3.63, 3.8) is 0 Å². The predicted octanol–water partition coefficient (Wildman–Crippen LogP) is 1.78. The molecule has 1 atom stereocenters. The molecule has 0 amide bonds. The first-order chi connectivity index (χ1) is 9.53. The minimum absolute atomic E-state index is 0.101. The van der Waals surface area contributed by atoms with E-state index in [1.165, 1.54) is 18.2 Å². The molecule has 21 heavy (non-hydrogen) atoms. The van der Waals surface area contributed by atoms with Crippen LogP contribution in [0.2, 0.25) is 0 Å². The monoisotopic (exact) mass is 315 g/mol. The van der Waals surface area contributed by atoms with E-state index in [0.717, 1.165) is 6.26 Å². The van der Waals surface area contributed by atoms with Crippen molar-refractivity contribution in [1.29, 1.82) is 0 Å². The fourth-order valence-electron chi connectivity index (χ4n) is 1.85. The predicted molar refractivity (Wildman–Crippen MR) is 82.1 cm³/mol. The first-order valence-electron chi connectivity index (χ1n) is 6.48. The van der Waals surface area contributed by atoms with Gasteiger partial charge < -0.3 is 11.1 Å². The molecule has 8 heteroatoms. The number of sulfone groups is 1. The third-order valence-electron chi connectivity index (χ3n) is 3.70. The van der Waals surface area contributed by atoms with Crippen molar-refractivity contribution in [2.45, 2.75) is 31.2 Å². The lowest BCUT2D eigenvalue weighted by molar-refractivity contribution is -0.386. The van der Waals surface area contributed by atoms with Gasteiger partial charge in [-0.25, -0.2) is 8.42 Å². The van der Waals surface area contributed by atoms with Crippen molar-refractivity contribution in [2.75, 3.05) is 18.1 Å². The highest BCUT2D eigenvalue weighted by Crippen LogP contribution is 2.34. The summed E-state index contributed by atoms with van der Waals surface area (Å²) in [6, 6.07) is 4.19. The fraction of sp³-hybridized carbons (Fsp3) is 0.538. The van der Waals surface area contributed by atoms with Gasteiger partial charge in [-0.15, -0.1) is 0 Å². The highest BCUT2D eigenvalue weighted by Gasteiger charge is 2.32. The van der Waals surface area contributed by atoms with Gasteiger partial charge in [0.2, 0.25) is 0 Å². The van der Waals surface area contributed by atoms with Gasteiger partial charge in [-0.2, -0.15) is 0 Å². The van der Waals surface area contributed by atoms with Crippen LogP contribution in [0.3, 0.4) is 0 Å². The zero-order chi connectivity index (χ0) is 16.4. The van der Waals surface area contributed by atoms with Gasteiger partial charge in [-0.1, -0.05) is 19.9 Å². The molecule has 118 valence electrons. The fourth-order valence-corrected chi connectivity index (χ4v) is 2.71. The quantitative estimate of drug-likeness (QED) is 0.610. The van der Waals surface area contributed by atoms with E-state index < -0.39 is 26.0 Å². The number of anilines is 1. The molecule has 0 saturated heterocycles. The van der Waals surface area contributed by atoms with E-state index in [2.05, 4.69) is 5.32 Å². The van der Waals surface area contributed by atoms with Crippen LogP contribution in [0.5, 0.6) is 0 Å². The van der Waals surface area contributed by atoms with Gasteiger partial charge >= 0.3 is 5.69 Å². The molecule has 1 aromatic carbocycles. The molecule has 0 aromatic heterocycles. The van der Waals surface area contributed by atoms with E-state index >= 15 is 0 Å². The van der Waals surface area contributed by atoms with E-state index in [1.54, 1.807) is 0 Å². The second kappa shape index (κ2) is 5.98. The highest BCUT2D eigenvalue weighted by molar-refractivity contribution is 7.90. The van der Waals surface area contributed by atoms with Crippen LogP contribution in [0.25, 0.3) is 0 Å². The number of hydrogen-bond acceptors (Lipinski definition) is 6. The van der Waals surface area contributed by atoms with E-state index in [-0.39, 0.29) is 23.0 Å². The first-order valence-corrected chi connectivity index (χ1v) is 8.38. The number of rotatable bonds is 6. The highest BCUT2D eigenvalue weighted by atomic mass is 32.2. The molecular weight excluding hydrogens is 294 g/mol. The number of benzene rings is 1. The summed E-state index contributed by atoms with van der Waals surface area (Å²) in [6.07, 6.45) is 0.948. The Hall–Kier alpha value is -1.67. The maximum absolute atomic E-state index is 11.7. The molecule has 0 fully saturated rings. The largest absolute Gasteiger partial charge is 0.373 e. The lowest BCUT2D eigenvalue weighted by atomic mass is 9.88. The molecular formula is C13H21N3O4S. The smallest absolute Gasteiger partial charge is 0.310 e. The average molecular weight is 315 g/mol. The molecule has 0 radical (unpaired) electrons. The van der Waals surface area contributed by atoms with Crippen molar-refractivity contribution in [2.24, 2.45) is 11.7 Å². The maximum atomic E-state index is 11.7. The topological polar surface area (TPSA) is 115 Å². The van der Waals surface area contributed by atoms with E-state index in [1.807, 2.05) is 20.8 Å². The van der Waals surface area contributed by atoms with Crippen molar-refractivity contribution < 1.29 is 13.3 Å². The number of nitrogens with two attached hydrogens (primary N) is 1. The van der Waals surface area contributed by atoms with Crippen LogP contribution >= 0.6 is 0 Å². The molecule has 0 aliphatic rings. The summed E-state index contributed by atoms with van der Waals surface area (Å²) in [5.74, 6) is 0.101. The van der Waals surface area contributed by atoms with Gasteiger partial charge in [-0.3, -0.25) is 10.1 Å². The minimum atomic E-state index is -3.70. The molecule has 7 nitrogen and oxygen atoms in total. The SMILES string of the molecule is CC(C)C(C)(CN)Nc1cccc(S(C)(=O)=O)c1[N+](=O)[O-]. The van der Waals surface area contributed by atoms with Crippen molar-refractivity contribution >= 4 is 21.2 Å². The Balaban J connectivity index is 3.48. The van der Waals surface area contributed by atoms with Crippen LogP contribution in [0.4, 0.5) is 11.4 Å². The number of nitrogens with zero attached hydrogens (tertiary/aromatic N) is 1. The molecule has 1 unspecified atom stereocenters. The van der Waals surface area contributed by atoms with Crippen LogP contribution in [0.15, 0.2) is 23.1 Å². The molecule has 0 aliphatic carbocycles. The second-order valence-corrected chi connectivity index (χ2v) is 7.57. The molecule has 0 aliphatic heterocycles. The summed E-state index contributed by atoms with van der Waals surface area (Å²) in [5.41, 5.74) is 4.89. The van der Waals surface area contributed by atoms with Gasteiger partial charge in [0.05, 0.1) is 4.92 Å². The second-order valence-electron chi connectivity index (χ2n) is 5.58. The van der Waals surface area contributed by atoms with Crippen molar-refractivity contribution in [3.05, 3.63) is 28.3 Å². The minimum Gasteiger partial charge on any atom is -0.373 e. The summed E-state index contributed by atoms with van der Waals surface area (Å²) in [7, 11) is -3.70. The van der Waals surface area contributed by atoms with Crippen LogP contribution < -0.4 is 11.1 Å². The van der Waals surface area contributed by atoms with E-state index in [9.17, 15) is 18.5 Å². The van der Waals surface area contributed by atoms with Crippen LogP contribution in [-0.4, -0.2) is 31.7 Å². The molecule has 0 saturated carbocycles. The molecule has 0 spiro atoms. The van der Waals surface area contributed by atoms with E-state index in [0.29, 0.717) is 0 Å². The summed E-state index contributed by atoms with van der Waals surface area (Å²) in [4.78, 5) is 10.3. The third-order valence-corrected chi connectivity index (χ3v) is 4.83. The Morgan fingerprint density at radius 2 is 2.00 bits per heavy atom. The normalized spacial score (nSPS) is 14.8. The standard InChI is InChI=1S/C13H21N3O4S/c1-9(2)13(3,8-14)15-10-6-5-7-11(21(4,19)20)12(10)16(17)18/h5-7,9,15H,8,14H2,1-4H3. The summed E-state index contributed by atoms with van der Waals surface area (Å²) < 4.78 is 23.4. The Labute approximate surface area is 124 Å². The number of para-hydroxylation sites is 1. The number of hydrogen-bond donors (Lipinski definition) is 2. The molecule has 3 N–H and O–H groups in total. The zero-order valence-electron chi connectivity index (χ0n) is 12.6.